The fraction of sp³-hybridized carbons (Fsp3) is 0.409. The van der Waals surface area contributed by atoms with Crippen LogP contribution in [0.4, 0.5) is 5.69 Å². The van der Waals surface area contributed by atoms with Crippen molar-refractivity contribution in [3.05, 3.63) is 53.1 Å². The number of nitrogens with two attached hydrogens (primary N) is 1. The van der Waals surface area contributed by atoms with Crippen molar-refractivity contribution in [3.8, 4) is 11.5 Å². The number of guanidine groups is 1. The number of rotatable bonds is 4. The highest BCUT2D eigenvalue weighted by atomic mass is 16.7. The second-order valence-corrected chi connectivity index (χ2v) is 7.59. The Labute approximate surface area is 165 Å². The summed E-state index contributed by atoms with van der Waals surface area (Å²) in [5.41, 5.74) is 10.7. The average Bonchev–Trinajstić information content (AvgIpc) is 3.18. The molecule has 0 bridgehead atoms. The van der Waals surface area contributed by atoms with Crippen LogP contribution in [-0.4, -0.2) is 32.5 Å². The largest absolute Gasteiger partial charge is 0.454 e. The van der Waals surface area contributed by atoms with Crippen molar-refractivity contribution in [1.82, 2.24) is 0 Å². The van der Waals surface area contributed by atoms with Crippen molar-refractivity contribution in [2.45, 2.75) is 32.1 Å². The van der Waals surface area contributed by atoms with Crippen molar-refractivity contribution in [2.24, 2.45) is 10.7 Å². The molecule has 2 aromatic rings. The molecule has 0 aromatic heterocycles. The summed E-state index contributed by atoms with van der Waals surface area (Å²) in [4.78, 5) is 4.69. The molecule has 148 valence electrons. The van der Waals surface area contributed by atoms with Crippen molar-refractivity contribution in [3.63, 3.8) is 0 Å². The van der Waals surface area contributed by atoms with E-state index in [4.69, 9.17) is 24.9 Å². The van der Waals surface area contributed by atoms with Crippen LogP contribution in [0.15, 0.2) is 41.4 Å². The zero-order valence-electron chi connectivity index (χ0n) is 16.5. The SMILES string of the molecule is Cc1ccc(NC(N)=NCC2(c3ccc4c(c3)OCO4)CCOCC2)cc1C. The van der Waals surface area contributed by atoms with Crippen molar-refractivity contribution >= 4 is 11.6 Å². The predicted octanol–water partition coefficient (Wildman–Crippen LogP) is 3.51. The minimum Gasteiger partial charge on any atom is -0.454 e. The van der Waals surface area contributed by atoms with Gasteiger partial charge in [0.25, 0.3) is 0 Å². The van der Waals surface area contributed by atoms with E-state index in [9.17, 15) is 0 Å². The van der Waals surface area contributed by atoms with Crippen LogP contribution in [0, 0.1) is 13.8 Å². The first-order chi connectivity index (χ1) is 13.6. The molecule has 3 N–H and O–H groups in total. The van der Waals surface area contributed by atoms with E-state index in [1.54, 1.807) is 0 Å². The number of fused-ring (bicyclic) bond motifs is 1. The van der Waals surface area contributed by atoms with Gasteiger partial charge in [0, 0.05) is 24.3 Å². The van der Waals surface area contributed by atoms with Gasteiger partial charge in [0.1, 0.15) is 0 Å². The lowest BCUT2D eigenvalue weighted by Gasteiger charge is -2.36. The maximum absolute atomic E-state index is 6.20. The topological polar surface area (TPSA) is 78.1 Å². The molecule has 1 fully saturated rings. The van der Waals surface area contributed by atoms with Crippen molar-refractivity contribution in [1.29, 1.82) is 0 Å². The van der Waals surface area contributed by atoms with E-state index in [0.29, 0.717) is 25.7 Å². The van der Waals surface area contributed by atoms with Crippen molar-refractivity contribution in [2.75, 3.05) is 31.9 Å². The van der Waals surface area contributed by atoms with Crippen LogP contribution in [0.5, 0.6) is 11.5 Å². The maximum Gasteiger partial charge on any atom is 0.231 e. The summed E-state index contributed by atoms with van der Waals surface area (Å²) < 4.78 is 16.6. The summed E-state index contributed by atoms with van der Waals surface area (Å²) in [5.74, 6) is 2.02. The first-order valence-corrected chi connectivity index (χ1v) is 9.68. The molecular formula is C22H27N3O3. The predicted molar refractivity (Wildman–Crippen MR) is 110 cm³/mol. The van der Waals surface area contributed by atoms with E-state index in [0.717, 1.165) is 30.0 Å². The number of nitrogens with one attached hydrogen (secondary N) is 1. The van der Waals surface area contributed by atoms with Gasteiger partial charge in [-0.25, -0.2) is 0 Å². The smallest absolute Gasteiger partial charge is 0.231 e. The molecule has 2 aliphatic rings. The standard InChI is InChI=1S/C22H27N3O3/c1-15-3-5-18(11-16(15)2)25-21(23)24-13-22(7-9-26-10-8-22)17-4-6-19-20(12-17)28-14-27-19/h3-6,11-12H,7-10,13-14H2,1-2H3,(H3,23,24,25). The number of aliphatic imine (C=N–C) groups is 1. The van der Waals surface area contributed by atoms with Gasteiger partial charge < -0.3 is 25.3 Å². The molecule has 0 aliphatic carbocycles. The zero-order valence-corrected chi connectivity index (χ0v) is 16.5. The van der Waals surface area contributed by atoms with Gasteiger partial charge in [0.15, 0.2) is 17.5 Å². The Morgan fingerprint density at radius 1 is 1.04 bits per heavy atom. The van der Waals surface area contributed by atoms with Crippen LogP contribution in [0.25, 0.3) is 0 Å². The number of ether oxygens (including phenoxy) is 3. The van der Waals surface area contributed by atoms with E-state index in [-0.39, 0.29) is 12.2 Å². The Kier molecular flexibility index (Phi) is 5.13. The van der Waals surface area contributed by atoms with E-state index in [1.807, 2.05) is 12.1 Å². The van der Waals surface area contributed by atoms with Crippen LogP contribution in [-0.2, 0) is 10.2 Å². The number of anilines is 1. The van der Waals surface area contributed by atoms with E-state index in [2.05, 4.69) is 43.4 Å². The molecule has 0 radical (unpaired) electrons. The molecular weight excluding hydrogens is 354 g/mol. The highest BCUT2D eigenvalue weighted by Crippen LogP contribution is 2.41. The Hall–Kier alpha value is -2.73. The Morgan fingerprint density at radius 3 is 2.61 bits per heavy atom. The molecule has 2 aromatic carbocycles. The molecule has 0 amide bonds. The summed E-state index contributed by atoms with van der Waals surface area (Å²) >= 11 is 0. The summed E-state index contributed by atoms with van der Waals surface area (Å²) in [6, 6.07) is 12.4. The van der Waals surface area contributed by atoms with Gasteiger partial charge in [-0.15, -0.1) is 0 Å². The second kappa shape index (κ2) is 7.72. The number of nitrogens with zero attached hydrogens (tertiary/aromatic N) is 1. The van der Waals surface area contributed by atoms with Gasteiger partial charge in [0.05, 0.1) is 6.54 Å². The molecule has 1 saturated heterocycles. The molecule has 0 unspecified atom stereocenters. The van der Waals surface area contributed by atoms with Gasteiger partial charge in [-0.1, -0.05) is 12.1 Å². The molecule has 6 heteroatoms. The van der Waals surface area contributed by atoms with E-state index in [1.165, 1.54) is 16.7 Å². The van der Waals surface area contributed by atoms with Gasteiger partial charge >= 0.3 is 0 Å². The van der Waals surface area contributed by atoms with E-state index < -0.39 is 0 Å². The zero-order chi connectivity index (χ0) is 19.6. The first-order valence-electron chi connectivity index (χ1n) is 9.68. The minimum atomic E-state index is -0.116. The Bertz CT molecular complexity index is 889. The highest BCUT2D eigenvalue weighted by Gasteiger charge is 2.35. The highest BCUT2D eigenvalue weighted by molar-refractivity contribution is 5.92. The van der Waals surface area contributed by atoms with Crippen molar-refractivity contribution < 1.29 is 14.2 Å². The van der Waals surface area contributed by atoms with Gasteiger partial charge in [-0.05, 0) is 67.6 Å². The fourth-order valence-corrected chi connectivity index (χ4v) is 3.77. The molecule has 2 heterocycles. The lowest BCUT2D eigenvalue weighted by Crippen LogP contribution is -2.38. The lowest BCUT2D eigenvalue weighted by molar-refractivity contribution is 0.0531. The van der Waals surface area contributed by atoms with Gasteiger partial charge in [-0.2, -0.15) is 0 Å². The molecule has 0 saturated carbocycles. The monoisotopic (exact) mass is 381 g/mol. The second-order valence-electron chi connectivity index (χ2n) is 7.59. The van der Waals surface area contributed by atoms with Crippen LogP contribution < -0.4 is 20.5 Å². The summed E-state index contributed by atoms with van der Waals surface area (Å²) in [5, 5.41) is 3.21. The third-order valence-electron chi connectivity index (χ3n) is 5.77. The average molecular weight is 381 g/mol. The number of hydrogen-bond acceptors (Lipinski definition) is 4. The minimum absolute atomic E-state index is 0.116. The summed E-state index contributed by atoms with van der Waals surface area (Å²) in [6.45, 7) is 6.49. The van der Waals surface area contributed by atoms with Crippen LogP contribution in [0.2, 0.25) is 0 Å². The molecule has 0 spiro atoms. The normalized spacial score (nSPS) is 18.1. The van der Waals surface area contributed by atoms with Crippen LogP contribution >= 0.6 is 0 Å². The maximum atomic E-state index is 6.20. The van der Waals surface area contributed by atoms with E-state index >= 15 is 0 Å². The van der Waals surface area contributed by atoms with Crippen LogP contribution in [0.3, 0.4) is 0 Å². The molecule has 2 aliphatic heterocycles. The lowest BCUT2D eigenvalue weighted by atomic mass is 9.74. The van der Waals surface area contributed by atoms with Gasteiger partial charge in [-0.3, -0.25) is 4.99 Å². The third-order valence-corrected chi connectivity index (χ3v) is 5.77. The molecule has 4 rings (SSSR count). The molecule has 28 heavy (non-hydrogen) atoms. The number of hydrogen-bond donors (Lipinski definition) is 2. The summed E-state index contributed by atoms with van der Waals surface area (Å²) in [6.07, 6.45) is 1.79. The fourth-order valence-electron chi connectivity index (χ4n) is 3.77. The Balaban J connectivity index is 1.54. The quantitative estimate of drug-likeness (QED) is 0.626. The summed E-state index contributed by atoms with van der Waals surface area (Å²) in [7, 11) is 0. The van der Waals surface area contributed by atoms with Gasteiger partial charge in [0.2, 0.25) is 6.79 Å². The van der Waals surface area contributed by atoms with Crippen LogP contribution in [0.1, 0.15) is 29.5 Å². The number of aryl methyl sites for hydroxylation is 2. The number of benzene rings is 2. The Morgan fingerprint density at radius 2 is 1.82 bits per heavy atom. The molecule has 6 nitrogen and oxygen atoms in total. The molecule has 0 atom stereocenters. The third kappa shape index (κ3) is 3.78. The first kappa shape index (κ1) is 18.6.